The van der Waals surface area contributed by atoms with Crippen molar-refractivity contribution in [3.63, 3.8) is 0 Å². The Hall–Kier alpha value is -4.16. The van der Waals surface area contributed by atoms with Gasteiger partial charge in [0.2, 0.25) is 21.8 Å². The number of halogens is 1. The van der Waals surface area contributed by atoms with Crippen LogP contribution >= 0.6 is 0 Å². The van der Waals surface area contributed by atoms with Crippen molar-refractivity contribution in [2.45, 2.75) is 18.8 Å². The van der Waals surface area contributed by atoms with Gasteiger partial charge in [-0.25, -0.2) is 12.8 Å². The van der Waals surface area contributed by atoms with Gasteiger partial charge < -0.3 is 23.4 Å². The van der Waals surface area contributed by atoms with E-state index in [1.54, 1.807) is 36.4 Å². The van der Waals surface area contributed by atoms with Gasteiger partial charge in [0.25, 0.3) is 0 Å². The van der Waals surface area contributed by atoms with E-state index in [2.05, 4.69) is 10.2 Å². The van der Waals surface area contributed by atoms with Crippen molar-refractivity contribution in [3.8, 4) is 34.5 Å². The van der Waals surface area contributed by atoms with E-state index in [1.165, 1.54) is 57.0 Å². The van der Waals surface area contributed by atoms with E-state index in [0.717, 1.165) is 0 Å². The largest absolute Gasteiger partial charge is 0.497 e. The molecule has 0 unspecified atom stereocenters. The third kappa shape index (κ3) is 6.65. The summed E-state index contributed by atoms with van der Waals surface area (Å²) in [4.78, 5) is 0. The zero-order valence-corrected chi connectivity index (χ0v) is 22.7. The molecular weight excluding hydrogens is 529 g/mol. The summed E-state index contributed by atoms with van der Waals surface area (Å²) in [6.45, 7) is -0.0483. The molecule has 0 spiro atoms. The molecule has 0 atom stereocenters. The highest BCUT2D eigenvalue weighted by atomic mass is 32.2. The molecule has 0 aliphatic heterocycles. The number of methoxy groups -OCH3 is 4. The minimum atomic E-state index is -4.03. The van der Waals surface area contributed by atoms with E-state index < -0.39 is 21.6 Å². The lowest BCUT2D eigenvalue weighted by atomic mass is 10.1. The average Bonchev–Trinajstić information content (AvgIpc) is 3.40. The van der Waals surface area contributed by atoms with Crippen LogP contribution in [0.15, 0.2) is 65.1 Å². The van der Waals surface area contributed by atoms with Gasteiger partial charge in [-0.1, -0.05) is 12.1 Å². The number of sulfonamides is 1. The zero-order valence-electron chi connectivity index (χ0n) is 21.9. The first-order chi connectivity index (χ1) is 18.8. The smallest absolute Gasteiger partial charge is 0.247 e. The lowest BCUT2D eigenvalue weighted by molar-refractivity contribution is 0.357. The van der Waals surface area contributed by atoms with Crippen molar-refractivity contribution < 1.29 is 36.2 Å². The Morgan fingerprint density at radius 3 is 1.79 bits per heavy atom. The second-order valence-corrected chi connectivity index (χ2v) is 10.4. The van der Waals surface area contributed by atoms with E-state index in [1.807, 2.05) is 0 Å². The fraction of sp³-hybridized carbons (Fsp3) is 0.259. The molecule has 0 saturated heterocycles. The molecule has 4 aromatic rings. The maximum absolute atomic E-state index is 13.8. The summed E-state index contributed by atoms with van der Waals surface area (Å²) in [5.41, 5.74) is 1.70. The summed E-state index contributed by atoms with van der Waals surface area (Å²) in [5.74, 6) is 1.07. The van der Waals surface area contributed by atoms with Crippen LogP contribution in [0.25, 0.3) is 11.5 Å². The van der Waals surface area contributed by atoms with Crippen molar-refractivity contribution in [2.24, 2.45) is 0 Å². The van der Waals surface area contributed by atoms with E-state index in [9.17, 15) is 12.8 Å². The van der Waals surface area contributed by atoms with Crippen LogP contribution in [0.1, 0.15) is 17.0 Å². The number of hydrogen-bond donors (Lipinski definition) is 0. The second kappa shape index (κ2) is 12.1. The highest BCUT2D eigenvalue weighted by molar-refractivity contribution is 7.88. The Morgan fingerprint density at radius 1 is 0.769 bits per heavy atom. The standard InChI is InChI=1S/C27H28FN3O7S/c1-34-22-11-7-19(24(13-22)36-3)15-31(16-20-8-12-23(35-2)14-25(20)37-4)39(32,33)17-26-29-30-27(38-26)18-5-9-21(28)10-6-18/h5-14H,15-17H2,1-4H3. The molecular formula is C27H28FN3O7S. The molecule has 0 saturated carbocycles. The molecule has 0 fully saturated rings. The molecule has 10 nitrogen and oxygen atoms in total. The van der Waals surface area contributed by atoms with Crippen LogP contribution in [-0.2, 0) is 28.9 Å². The van der Waals surface area contributed by atoms with E-state index in [-0.39, 0.29) is 24.9 Å². The molecule has 39 heavy (non-hydrogen) atoms. The fourth-order valence-corrected chi connectivity index (χ4v) is 5.15. The topological polar surface area (TPSA) is 113 Å². The van der Waals surface area contributed by atoms with Crippen LogP contribution in [-0.4, -0.2) is 51.4 Å². The molecule has 206 valence electrons. The van der Waals surface area contributed by atoms with E-state index in [0.29, 0.717) is 39.7 Å². The highest BCUT2D eigenvalue weighted by Gasteiger charge is 2.28. The molecule has 3 aromatic carbocycles. The number of rotatable bonds is 12. The normalized spacial score (nSPS) is 11.4. The highest BCUT2D eigenvalue weighted by Crippen LogP contribution is 2.31. The van der Waals surface area contributed by atoms with Crippen LogP contribution in [0.4, 0.5) is 4.39 Å². The van der Waals surface area contributed by atoms with Crippen LogP contribution in [0.5, 0.6) is 23.0 Å². The Kier molecular flexibility index (Phi) is 8.67. The number of benzene rings is 3. The first-order valence-electron chi connectivity index (χ1n) is 11.7. The average molecular weight is 558 g/mol. The Labute approximate surface area is 225 Å². The molecule has 0 bridgehead atoms. The van der Waals surface area contributed by atoms with Gasteiger partial charge in [-0.15, -0.1) is 10.2 Å². The van der Waals surface area contributed by atoms with Crippen LogP contribution < -0.4 is 18.9 Å². The van der Waals surface area contributed by atoms with E-state index >= 15 is 0 Å². The summed E-state index contributed by atoms with van der Waals surface area (Å²) >= 11 is 0. The minimum absolute atomic E-state index is 0.0242. The lowest BCUT2D eigenvalue weighted by Gasteiger charge is -2.24. The maximum atomic E-state index is 13.8. The van der Waals surface area contributed by atoms with Gasteiger partial charge >= 0.3 is 0 Å². The van der Waals surface area contributed by atoms with Gasteiger partial charge in [0.15, 0.2) is 0 Å². The minimum Gasteiger partial charge on any atom is -0.497 e. The monoisotopic (exact) mass is 557 g/mol. The van der Waals surface area contributed by atoms with Crippen LogP contribution in [0.2, 0.25) is 0 Å². The third-order valence-corrected chi connectivity index (χ3v) is 7.60. The molecule has 4 rings (SSSR count). The summed E-state index contributed by atoms with van der Waals surface area (Å²) in [5, 5.41) is 7.84. The number of ether oxygens (including phenoxy) is 4. The molecule has 0 radical (unpaired) electrons. The zero-order chi connectivity index (χ0) is 28.0. The third-order valence-electron chi connectivity index (χ3n) is 5.94. The van der Waals surface area contributed by atoms with Crippen molar-refractivity contribution in [1.82, 2.24) is 14.5 Å². The summed E-state index contributed by atoms with van der Waals surface area (Å²) in [6.07, 6.45) is 0. The second-order valence-electron chi connectivity index (χ2n) is 8.39. The molecule has 0 aliphatic carbocycles. The van der Waals surface area contributed by atoms with Crippen molar-refractivity contribution in [1.29, 1.82) is 0 Å². The van der Waals surface area contributed by atoms with E-state index in [4.69, 9.17) is 23.4 Å². The number of nitrogens with zero attached hydrogens (tertiary/aromatic N) is 3. The van der Waals surface area contributed by atoms with Crippen LogP contribution in [0.3, 0.4) is 0 Å². The van der Waals surface area contributed by atoms with Gasteiger partial charge in [-0.05, 0) is 36.4 Å². The van der Waals surface area contributed by atoms with Crippen molar-refractivity contribution >= 4 is 10.0 Å². The summed E-state index contributed by atoms with van der Waals surface area (Å²) in [6, 6.07) is 15.7. The first-order valence-corrected chi connectivity index (χ1v) is 13.3. The van der Waals surface area contributed by atoms with Gasteiger partial charge in [0, 0.05) is 41.9 Å². The Balaban J connectivity index is 1.67. The van der Waals surface area contributed by atoms with Gasteiger partial charge in [-0.2, -0.15) is 4.31 Å². The molecule has 12 heteroatoms. The predicted molar refractivity (Wildman–Crippen MR) is 141 cm³/mol. The molecule has 0 N–H and O–H groups in total. The van der Waals surface area contributed by atoms with Crippen molar-refractivity contribution in [2.75, 3.05) is 28.4 Å². The molecule has 1 aromatic heterocycles. The van der Waals surface area contributed by atoms with Gasteiger partial charge in [0.1, 0.15) is 34.6 Å². The molecule has 0 aliphatic rings. The Bertz CT molecular complexity index is 1470. The molecule has 0 amide bonds. The van der Waals surface area contributed by atoms with Crippen LogP contribution in [0, 0.1) is 5.82 Å². The van der Waals surface area contributed by atoms with Gasteiger partial charge in [-0.3, -0.25) is 0 Å². The summed E-state index contributed by atoms with van der Waals surface area (Å²) in [7, 11) is 2.04. The fourth-order valence-electron chi connectivity index (χ4n) is 3.87. The Morgan fingerprint density at radius 2 is 1.31 bits per heavy atom. The van der Waals surface area contributed by atoms with Gasteiger partial charge in [0.05, 0.1) is 28.4 Å². The molecule has 1 heterocycles. The summed E-state index contributed by atoms with van der Waals surface area (Å²) < 4.78 is 69.2. The number of hydrogen-bond acceptors (Lipinski definition) is 9. The lowest BCUT2D eigenvalue weighted by Crippen LogP contribution is -2.31. The first kappa shape index (κ1) is 27.9. The predicted octanol–water partition coefficient (Wildman–Crippen LogP) is 4.44. The number of aromatic nitrogens is 2. The maximum Gasteiger partial charge on any atom is 0.247 e. The SMILES string of the molecule is COc1ccc(CN(Cc2ccc(OC)cc2OC)S(=O)(=O)Cc2nnc(-c3ccc(F)cc3)o2)c(OC)c1. The quantitative estimate of drug-likeness (QED) is 0.249. The van der Waals surface area contributed by atoms with Crippen molar-refractivity contribution in [3.05, 3.63) is 83.5 Å².